The van der Waals surface area contributed by atoms with Crippen LogP contribution >= 0.6 is 11.3 Å². The molecule has 2 aromatic heterocycles. The zero-order valence-corrected chi connectivity index (χ0v) is 13.2. The van der Waals surface area contributed by atoms with E-state index in [1.54, 1.807) is 12.4 Å². The molecule has 2 aliphatic heterocycles. The molecule has 1 amide bonds. The van der Waals surface area contributed by atoms with Gasteiger partial charge < -0.3 is 10.6 Å². The molecule has 114 valence electrons. The van der Waals surface area contributed by atoms with Crippen molar-refractivity contribution < 1.29 is 4.79 Å². The van der Waals surface area contributed by atoms with E-state index < -0.39 is 0 Å². The summed E-state index contributed by atoms with van der Waals surface area (Å²) in [6.07, 6.45) is 6.94. The number of fused-ring (bicyclic) bond motifs is 2. The van der Waals surface area contributed by atoms with E-state index in [0.717, 1.165) is 27.6 Å². The van der Waals surface area contributed by atoms with Gasteiger partial charge >= 0.3 is 0 Å². The first-order chi connectivity index (χ1) is 10.7. The summed E-state index contributed by atoms with van der Waals surface area (Å²) in [7, 11) is 0. The average molecular weight is 314 g/mol. The Labute approximate surface area is 133 Å². The van der Waals surface area contributed by atoms with E-state index in [4.69, 9.17) is 0 Å². The predicted octanol–water partition coefficient (Wildman–Crippen LogP) is 2.14. The number of thiazole rings is 1. The number of pyridine rings is 1. The molecule has 5 nitrogen and oxygen atoms in total. The van der Waals surface area contributed by atoms with Crippen molar-refractivity contribution in [1.29, 1.82) is 0 Å². The van der Waals surface area contributed by atoms with E-state index in [2.05, 4.69) is 20.6 Å². The van der Waals surface area contributed by atoms with Gasteiger partial charge in [-0.3, -0.25) is 9.78 Å². The molecule has 2 N–H and O–H groups in total. The lowest BCUT2D eigenvalue weighted by molar-refractivity contribution is 0.0934. The number of aryl methyl sites for hydroxylation is 1. The maximum atomic E-state index is 12.6. The van der Waals surface area contributed by atoms with Gasteiger partial charge in [-0.15, -0.1) is 11.3 Å². The van der Waals surface area contributed by atoms with Crippen LogP contribution in [0.1, 0.15) is 34.6 Å². The SMILES string of the molecule is Cc1nc(-c2ccncc2)sc1C(=O)N[C@@H]1C[C@H]2CC[C@@H]1N2. The van der Waals surface area contributed by atoms with E-state index >= 15 is 0 Å². The molecule has 2 bridgehead atoms. The molecule has 0 aliphatic carbocycles. The summed E-state index contributed by atoms with van der Waals surface area (Å²) in [6, 6.07) is 5.13. The Bertz CT molecular complexity index is 699. The zero-order chi connectivity index (χ0) is 15.1. The van der Waals surface area contributed by atoms with Gasteiger partial charge in [0.05, 0.1) is 5.69 Å². The third-order valence-corrected chi connectivity index (χ3v) is 5.75. The third kappa shape index (κ3) is 2.42. The number of nitrogens with zero attached hydrogens (tertiary/aromatic N) is 2. The molecular weight excluding hydrogens is 296 g/mol. The quantitative estimate of drug-likeness (QED) is 0.911. The monoisotopic (exact) mass is 314 g/mol. The van der Waals surface area contributed by atoms with Gasteiger partial charge in [0, 0.05) is 36.1 Å². The van der Waals surface area contributed by atoms with Crippen LogP contribution in [0.5, 0.6) is 0 Å². The van der Waals surface area contributed by atoms with Crippen LogP contribution < -0.4 is 10.6 Å². The largest absolute Gasteiger partial charge is 0.347 e. The van der Waals surface area contributed by atoms with E-state index in [-0.39, 0.29) is 11.9 Å². The van der Waals surface area contributed by atoms with E-state index in [1.165, 1.54) is 24.2 Å². The van der Waals surface area contributed by atoms with Crippen LogP contribution in [0, 0.1) is 6.92 Å². The number of carbonyl (C=O) groups is 1. The van der Waals surface area contributed by atoms with Crippen LogP contribution in [0.4, 0.5) is 0 Å². The minimum Gasteiger partial charge on any atom is -0.347 e. The maximum absolute atomic E-state index is 12.6. The summed E-state index contributed by atoms with van der Waals surface area (Å²) in [6.45, 7) is 1.90. The van der Waals surface area contributed by atoms with Gasteiger partial charge in [-0.1, -0.05) is 0 Å². The van der Waals surface area contributed by atoms with Gasteiger partial charge in [0.25, 0.3) is 5.91 Å². The Balaban J connectivity index is 1.52. The average Bonchev–Trinajstić information content (AvgIpc) is 3.23. The molecule has 2 fully saturated rings. The number of nitrogens with one attached hydrogen (secondary N) is 2. The fourth-order valence-corrected chi connectivity index (χ4v) is 4.42. The van der Waals surface area contributed by atoms with Crippen LogP contribution in [0.15, 0.2) is 24.5 Å². The Morgan fingerprint density at radius 1 is 1.36 bits per heavy atom. The highest BCUT2D eigenvalue weighted by molar-refractivity contribution is 7.17. The predicted molar refractivity (Wildman–Crippen MR) is 85.9 cm³/mol. The molecule has 2 saturated heterocycles. The van der Waals surface area contributed by atoms with Crippen molar-refractivity contribution in [2.75, 3.05) is 0 Å². The molecule has 0 spiro atoms. The molecule has 3 atom stereocenters. The van der Waals surface area contributed by atoms with Crippen LogP contribution in [-0.4, -0.2) is 34.0 Å². The second kappa shape index (κ2) is 5.44. The Morgan fingerprint density at radius 2 is 2.18 bits per heavy atom. The summed E-state index contributed by atoms with van der Waals surface area (Å²) < 4.78 is 0. The topological polar surface area (TPSA) is 66.9 Å². The van der Waals surface area contributed by atoms with Crippen molar-refractivity contribution in [3.8, 4) is 10.6 Å². The van der Waals surface area contributed by atoms with E-state index in [0.29, 0.717) is 12.1 Å². The van der Waals surface area contributed by atoms with Gasteiger partial charge in [0.1, 0.15) is 9.88 Å². The van der Waals surface area contributed by atoms with Gasteiger partial charge in [-0.2, -0.15) is 0 Å². The number of carbonyl (C=O) groups excluding carboxylic acids is 1. The lowest BCUT2D eigenvalue weighted by Crippen LogP contribution is -2.42. The fraction of sp³-hybridized carbons (Fsp3) is 0.438. The van der Waals surface area contributed by atoms with Crippen molar-refractivity contribution in [3.05, 3.63) is 35.1 Å². The van der Waals surface area contributed by atoms with E-state index in [9.17, 15) is 4.79 Å². The van der Waals surface area contributed by atoms with Gasteiger partial charge in [-0.25, -0.2) is 4.98 Å². The highest BCUT2D eigenvalue weighted by Crippen LogP contribution is 2.30. The highest BCUT2D eigenvalue weighted by Gasteiger charge is 2.40. The van der Waals surface area contributed by atoms with Gasteiger partial charge in [0.15, 0.2) is 0 Å². The van der Waals surface area contributed by atoms with Crippen molar-refractivity contribution in [2.24, 2.45) is 0 Å². The van der Waals surface area contributed by atoms with Gasteiger partial charge in [-0.05, 0) is 38.3 Å². The van der Waals surface area contributed by atoms with Crippen LogP contribution in [-0.2, 0) is 0 Å². The van der Waals surface area contributed by atoms with Crippen molar-refractivity contribution in [3.63, 3.8) is 0 Å². The summed E-state index contributed by atoms with van der Waals surface area (Å²) in [4.78, 5) is 21.8. The van der Waals surface area contributed by atoms with Crippen LogP contribution in [0.3, 0.4) is 0 Å². The number of hydrogen-bond donors (Lipinski definition) is 2. The highest BCUT2D eigenvalue weighted by atomic mass is 32.1. The van der Waals surface area contributed by atoms with E-state index in [1.807, 2.05) is 19.1 Å². The summed E-state index contributed by atoms with van der Waals surface area (Å²) in [5.41, 5.74) is 1.80. The molecule has 0 unspecified atom stereocenters. The molecule has 4 rings (SSSR count). The minimum atomic E-state index is 0.00894. The number of rotatable bonds is 3. The van der Waals surface area contributed by atoms with Crippen LogP contribution in [0.25, 0.3) is 10.6 Å². The number of amides is 1. The Morgan fingerprint density at radius 3 is 2.86 bits per heavy atom. The van der Waals surface area contributed by atoms with Crippen molar-refractivity contribution >= 4 is 17.2 Å². The van der Waals surface area contributed by atoms with Gasteiger partial charge in [0.2, 0.25) is 0 Å². The standard InChI is InChI=1S/C16H18N4OS/c1-9-14(22-16(18-9)10-4-6-17-7-5-10)15(21)20-13-8-11-2-3-12(13)19-11/h4-7,11-13,19H,2-3,8H2,1H3,(H,20,21)/t11-,12+,13-/m1/s1. The minimum absolute atomic E-state index is 0.00894. The lowest BCUT2D eigenvalue weighted by atomic mass is 9.95. The molecule has 2 aliphatic rings. The maximum Gasteiger partial charge on any atom is 0.263 e. The summed E-state index contributed by atoms with van der Waals surface area (Å²) >= 11 is 1.45. The number of hydrogen-bond acceptors (Lipinski definition) is 5. The Kier molecular flexibility index (Phi) is 3.43. The first kappa shape index (κ1) is 13.8. The van der Waals surface area contributed by atoms with Crippen molar-refractivity contribution in [1.82, 2.24) is 20.6 Å². The molecular formula is C16H18N4OS. The van der Waals surface area contributed by atoms with Crippen LogP contribution in [0.2, 0.25) is 0 Å². The molecule has 22 heavy (non-hydrogen) atoms. The zero-order valence-electron chi connectivity index (χ0n) is 12.4. The number of aromatic nitrogens is 2. The molecule has 0 radical (unpaired) electrons. The first-order valence-corrected chi connectivity index (χ1v) is 8.47. The molecule has 4 heterocycles. The fourth-order valence-electron chi connectivity index (χ4n) is 3.44. The lowest BCUT2D eigenvalue weighted by Gasteiger charge is -2.21. The summed E-state index contributed by atoms with van der Waals surface area (Å²) in [5.74, 6) is 0.00894. The second-order valence-corrected chi connectivity index (χ2v) is 7.03. The summed E-state index contributed by atoms with van der Waals surface area (Å²) in [5, 5.41) is 7.61. The first-order valence-electron chi connectivity index (χ1n) is 7.65. The smallest absolute Gasteiger partial charge is 0.263 e. The molecule has 6 heteroatoms. The normalized spacial score (nSPS) is 26.3. The molecule has 2 aromatic rings. The Hall–Kier alpha value is -1.79. The second-order valence-electron chi connectivity index (χ2n) is 6.03. The molecule has 0 aromatic carbocycles. The molecule has 0 saturated carbocycles. The third-order valence-electron chi connectivity index (χ3n) is 4.55. The van der Waals surface area contributed by atoms with Crippen molar-refractivity contribution in [2.45, 2.75) is 44.3 Å².